The maximum Gasteiger partial charge on any atom is 0.229 e. The highest BCUT2D eigenvalue weighted by Gasteiger charge is 2.06. The highest BCUT2D eigenvalue weighted by atomic mass is 15.1. The average Bonchev–Trinajstić information content (AvgIpc) is 2.48. The van der Waals surface area contributed by atoms with Crippen molar-refractivity contribution in [2.75, 3.05) is 37.8 Å². The fourth-order valence-electron chi connectivity index (χ4n) is 2.62. The van der Waals surface area contributed by atoms with E-state index >= 15 is 0 Å². The van der Waals surface area contributed by atoms with Crippen LogP contribution in [-0.4, -0.2) is 42.1 Å². The van der Waals surface area contributed by atoms with Crippen LogP contribution in [0.2, 0.25) is 0 Å². The quantitative estimate of drug-likeness (QED) is 0.766. The summed E-state index contributed by atoms with van der Waals surface area (Å²) in [5.74, 6) is 1.47. The number of hydrogen-bond acceptors (Lipinski definition) is 5. The van der Waals surface area contributed by atoms with Crippen LogP contribution >= 0.6 is 0 Å². The molecule has 2 N–H and O–H groups in total. The first-order chi connectivity index (χ1) is 11.0. The first-order valence-electron chi connectivity index (χ1n) is 8.02. The van der Waals surface area contributed by atoms with E-state index in [-0.39, 0.29) is 0 Å². The summed E-state index contributed by atoms with van der Waals surface area (Å²) in [4.78, 5) is 11.0. The third-order valence-electron chi connectivity index (χ3n) is 3.66. The first kappa shape index (κ1) is 17.2. The summed E-state index contributed by atoms with van der Waals surface area (Å²) >= 11 is 0. The minimum absolute atomic E-state index is 0.623. The molecule has 0 bridgehead atoms. The minimum Gasteiger partial charge on any atom is -0.370 e. The zero-order valence-corrected chi connectivity index (χ0v) is 14.8. The summed E-state index contributed by atoms with van der Waals surface area (Å²) in [5, 5.41) is 6.69. The largest absolute Gasteiger partial charge is 0.370 e. The Morgan fingerprint density at radius 3 is 2.43 bits per heavy atom. The number of anilines is 3. The van der Waals surface area contributed by atoms with E-state index in [0.29, 0.717) is 5.95 Å². The second-order valence-corrected chi connectivity index (χ2v) is 6.25. The molecule has 0 spiro atoms. The van der Waals surface area contributed by atoms with Gasteiger partial charge in [-0.3, -0.25) is 0 Å². The molecule has 2 rings (SSSR count). The van der Waals surface area contributed by atoms with Crippen molar-refractivity contribution in [2.45, 2.75) is 27.2 Å². The summed E-state index contributed by atoms with van der Waals surface area (Å²) in [6, 6.07) is 6.23. The topological polar surface area (TPSA) is 53.1 Å². The van der Waals surface area contributed by atoms with Crippen LogP contribution in [0.4, 0.5) is 17.5 Å². The standard InChI is InChI=1S/C18H27N5/c1-13-11-14(2)17(15(3)12-13)22-18-20-9-7-16(21-18)19-8-6-10-23(4)5/h7,9,11-12H,6,8,10H2,1-5H3,(H2,19,20,21,22). The van der Waals surface area contributed by atoms with Crippen molar-refractivity contribution in [3.05, 3.63) is 41.1 Å². The van der Waals surface area contributed by atoms with E-state index in [1.54, 1.807) is 6.20 Å². The van der Waals surface area contributed by atoms with Gasteiger partial charge in [-0.05, 0) is 65.0 Å². The van der Waals surface area contributed by atoms with Gasteiger partial charge in [0, 0.05) is 18.4 Å². The van der Waals surface area contributed by atoms with Crippen LogP contribution in [0.5, 0.6) is 0 Å². The molecular weight excluding hydrogens is 286 g/mol. The van der Waals surface area contributed by atoms with Crippen LogP contribution in [0, 0.1) is 20.8 Å². The molecule has 5 heteroatoms. The SMILES string of the molecule is Cc1cc(C)c(Nc2nccc(NCCCN(C)C)n2)c(C)c1. The van der Waals surface area contributed by atoms with E-state index in [9.17, 15) is 0 Å². The van der Waals surface area contributed by atoms with Gasteiger partial charge in [-0.25, -0.2) is 4.98 Å². The number of hydrogen-bond donors (Lipinski definition) is 2. The van der Waals surface area contributed by atoms with E-state index in [2.05, 4.69) is 72.5 Å². The lowest BCUT2D eigenvalue weighted by Crippen LogP contribution is -2.16. The third kappa shape index (κ3) is 5.21. The maximum absolute atomic E-state index is 4.54. The molecule has 0 fully saturated rings. The molecule has 1 aromatic carbocycles. The van der Waals surface area contributed by atoms with Gasteiger partial charge in [-0.1, -0.05) is 17.7 Å². The Morgan fingerprint density at radius 2 is 1.78 bits per heavy atom. The number of aryl methyl sites for hydroxylation is 3. The highest BCUT2D eigenvalue weighted by Crippen LogP contribution is 2.24. The minimum atomic E-state index is 0.623. The van der Waals surface area contributed by atoms with Gasteiger partial charge >= 0.3 is 0 Å². The van der Waals surface area contributed by atoms with Gasteiger partial charge in [0.1, 0.15) is 5.82 Å². The lowest BCUT2D eigenvalue weighted by atomic mass is 10.1. The smallest absolute Gasteiger partial charge is 0.229 e. The van der Waals surface area contributed by atoms with Crippen molar-refractivity contribution in [3.8, 4) is 0 Å². The molecule has 0 radical (unpaired) electrons. The van der Waals surface area contributed by atoms with Crippen molar-refractivity contribution in [2.24, 2.45) is 0 Å². The highest BCUT2D eigenvalue weighted by molar-refractivity contribution is 5.64. The van der Waals surface area contributed by atoms with E-state index in [1.807, 2.05) is 6.07 Å². The fourth-order valence-corrected chi connectivity index (χ4v) is 2.62. The van der Waals surface area contributed by atoms with Crippen molar-refractivity contribution in [1.29, 1.82) is 0 Å². The average molecular weight is 313 g/mol. The van der Waals surface area contributed by atoms with Gasteiger partial charge < -0.3 is 15.5 Å². The van der Waals surface area contributed by atoms with Crippen LogP contribution in [-0.2, 0) is 0 Å². The molecular formula is C18H27N5. The molecule has 0 aliphatic carbocycles. The molecule has 23 heavy (non-hydrogen) atoms. The molecule has 0 saturated heterocycles. The first-order valence-corrected chi connectivity index (χ1v) is 8.02. The molecule has 0 saturated carbocycles. The Morgan fingerprint density at radius 1 is 1.09 bits per heavy atom. The van der Waals surface area contributed by atoms with Gasteiger partial charge in [-0.2, -0.15) is 4.98 Å². The molecule has 0 aliphatic heterocycles. The fraction of sp³-hybridized carbons (Fsp3) is 0.444. The van der Waals surface area contributed by atoms with Gasteiger partial charge in [-0.15, -0.1) is 0 Å². The van der Waals surface area contributed by atoms with Crippen LogP contribution in [0.1, 0.15) is 23.1 Å². The molecule has 0 aliphatic rings. The second-order valence-electron chi connectivity index (χ2n) is 6.25. The zero-order valence-electron chi connectivity index (χ0n) is 14.8. The lowest BCUT2D eigenvalue weighted by Gasteiger charge is -2.14. The number of rotatable bonds is 7. The van der Waals surface area contributed by atoms with Crippen molar-refractivity contribution in [3.63, 3.8) is 0 Å². The summed E-state index contributed by atoms with van der Waals surface area (Å²) in [6.07, 6.45) is 2.86. The Hall–Kier alpha value is -2.14. The normalized spacial score (nSPS) is 10.9. The van der Waals surface area contributed by atoms with Gasteiger partial charge in [0.2, 0.25) is 5.95 Å². The Bertz CT molecular complexity index is 629. The second kappa shape index (κ2) is 7.92. The van der Waals surface area contributed by atoms with Gasteiger partial charge in [0.15, 0.2) is 0 Å². The molecule has 124 valence electrons. The van der Waals surface area contributed by atoms with Crippen molar-refractivity contribution < 1.29 is 0 Å². The summed E-state index contributed by atoms with van der Waals surface area (Å²) in [5.41, 5.74) is 4.76. The Balaban J connectivity index is 2.03. The van der Waals surface area contributed by atoms with E-state index in [4.69, 9.17) is 0 Å². The Kier molecular flexibility index (Phi) is 5.93. The predicted molar refractivity (Wildman–Crippen MR) is 97.6 cm³/mol. The monoisotopic (exact) mass is 313 g/mol. The van der Waals surface area contributed by atoms with Crippen LogP contribution in [0.15, 0.2) is 24.4 Å². The Labute approximate surface area is 139 Å². The van der Waals surface area contributed by atoms with E-state index in [0.717, 1.165) is 31.0 Å². The number of aromatic nitrogens is 2. The van der Waals surface area contributed by atoms with Gasteiger partial charge in [0.25, 0.3) is 0 Å². The van der Waals surface area contributed by atoms with Crippen LogP contribution < -0.4 is 10.6 Å². The van der Waals surface area contributed by atoms with E-state index < -0.39 is 0 Å². The number of nitrogens with zero attached hydrogens (tertiary/aromatic N) is 3. The van der Waals surface area contributed by atoms with Crippen LogP contribution in [0.25, 0.3) is 0 Å². The number of benzene rings is 1. The molecule has 1 aromatic heterocycles. The maximum atomic E-state index is 4.54. The summed E-state index contributed by atoms with van der Waals surface area (Å²) in [7, 11) is 4.16. The molecule has 0 atom stereocenters. The van der Waals surface area contributed by atoms with Crippen LogP contribution in [0.3, 0.4) is 0 Å². The molecule has 5 nitrogen and oxygen atoms in total. The molecule has 0 amide bonds. The molecule has 1 heterocycles. The predicted octanol–water partition coefficient (Wildman–Crippen LogP) is 3.51. The molecule has 2 aromatic rings. The summed E-state index contributed by atoms with van der Waals surface area (Å²) < 4.78 is 0. The lowest BCUT2D eigenvalue weighted by molar-refractivity contribution is 0.405. The van der Waals surface area contributed by atoms with E-state index in [1.165, 1.54) is 16.7 Å². The zero-order chi connectivity index (χ0) is 16.8. The van der Waals surface area contributed by atoms with Crippen molar-refractivity contribution >= 4 is 17.5 Å². The van der Waals surface area contributed by atoms with Crippen molar-refractivity contribution in [1.82, 2.24) is 14.9 Å². The number of nitrogens with one attached hydrogen (secondary N) is 2. The molecule has 0 unspecified atom stereocenters. The summed E-state index contributed by atoms with van der Waals surface area (Å²) in [6.45, 7) is 8.28. The third-order valence-corrected chi connectivity index (χ3v) is 3.66. The van der Waals surface area contributed by atoms with Gasteiger partial charge in [0.05, 0.1) is 0 Å².